The van der Waals surface area contributed by atoms with Crippen LogP contribution in [0.3, 0.4) is 0 Å². The first-order valence-electron chi connectivity index (χ1n) is 5.36. The lowest BCUT2D eigenvalue weighted by atomic mass is 10.3. The molecule has 0 saturated heterocycles. The standard InChI is InChI=1S/C11H14N4O3/c12-4-2-6-15(8-16)11(18)10(17)14-9-3-1-5-13-7-9/h1,3,5,7-8H,2,4,6,12H2,(H,14,17). The summed E-state index contributed by atoms with van der Waals surface area (Å²) < 4.78 is 0. The third-order valence-corrected chi connectivity index (χ3v) is 2.10. The molecule has 0 aliphatic rings. The zero-order chi connectivity index (χ0) is 13.4. The largest absolute Gasteiger partial charge is 0.330 e. The van der Waals surface area contributed by atoms with Crippen LogP contribution in [0, 0.1) is 0 Å². The molecule has 0 fully saturated rings. The summed E-state index contributed by atoms with van der Waals surface area (Å²) in [6.45, 7) is 0.459. The van der Waals surface area contributed by atoms with Crippen LogP contribution < -0.4 is 11.1 Å². The van der Waals surface area contributed by atoms with Crippen LogP contribution in [-0.2, 0) is 14.4 Å². The smallest absolute Gasteiger partial charge is 0.318 e. The van der Waals surface area contributed by atoms with Gasteiger partial charge in [0.1, 0.15) is 0 Å². The fourth-order valence-electron chi connectivity index (χ4n) is 1.22. The van der Waals surface area contributed by atoms with Crippen LogP contribution in [0.2, 0.25) is 0 Å². The summed E-state index contributed by atoms with van der Waals surface area (Å²) in [4.78, 5) is 38.4. The molecule has 0 spiro atoms. The van der Waals surface area contributed by atoms with Gasteiger partial charge in [-0.3, -0.25) is 24.3 Å². The Morgan fingerprint density at radius 1 is 1.50 bits per heavy atom. The van der Waals surface area contributed by atoms with E-state index in [-0.39, 0.29) is 6.54 Å². The number of anilines is 1. The second-order valence-electron chi connectivity index (χ2n) is 3.44. The number of aromatic nitrogens is 1. The van der Waals surface area contributed by atoms with Gasteiger partial charge in [-0.1, -0.05) is 0 Å². The van der Waals surface area contributed by atoms with Gasteiger partial charge in [-0.15, -0.1) is 0 Å². The minimum atomic E-state index is -0.915. The van der Waals surface area contributed by atoms with E-state index >= 15 is 0 Å². The first-order valence-corrected chi connectivity index (χ1v) is 5.36. The normalized spacial score (nSPS) is 9.61. The number of hydrogen-bond acceptors (Lipinski definition) is 5. The summed E-state index contributed by atoms with van der Waals surface area (Å²) in [5, 5.41) is 2.35. The van der Waals surface area contributed by atoms with Gasteiger partial charge >= 0.3 is 11.8 Å². The molecule has 1 heterocycles. The van der Waals surface area contributed by atoms with Crippen molar-refractivity contribution in [1.82, 2.24) is 9.88 Å². The van der Waals surface area contributed by atoms with E-state index in [1.54, 1.807) is 12.1 Å². The highest BCUT2D eigenvalue weighted by atomic mass is 16.2. The minimum Gasteiger partial charge on any atom is -0.330 e. The summed E-state index contributed by atoms with van der Waals surface area (Å²) in [5.74, 6) is -1.80. The molecule has 0 aliphatic heterocycles. The number of amides is 3. The van der Waals surface area contributed by atoms with Crippen molar-refractivity contribution >= 4 is 23.9 Å². The number of rotatable bonds is 5. The molecular weight excluding hydrogens is 236 g/mol. The molecule has 0 aromatic carbocycles. The number of nitrogens with zero attached hydrogens (tertiary/aromatic N) is 2. The van der Waals surface area contributed by atoms with Crippen LogP contribution in [0.4, 0.5) is 5.69 Å². The Kier molecular flexibility index (Phi) is 5.46. The predicted molar refractivity (Wildman–Crippen MR) is 64.3 cm³/mol. The Hall–Kier alpha value is -2.28. The Bertz CT molecular complexity index is 422. The van der Waals surface area contributed by atoms with E-state index in [4.69, 9.17) is 5.73 Å². The molecule has 0 radical (unpaired) electrons. The summed E-state index contributed by atoms with van der Waals surface area (Å²) in [5.41, 5.74) is 5.66. The molecule has 0 atom stereocenters. The van der Waals surface area contributed by atoms with Crippen molar-refractivity contribution in [3.05, 3.63) is 24.5 Å². The first-order chi connectivity index (χ1) is 8.69. The monoisotopic (exact) mass is 250 g/mol. The quantitative estimate of drug-likeness (QED) is 0.534. The Labute approximate surface area is 104 Å². The summed E-state index contributed by atoms with van der Waals surface area (Å²) >= 11 is 0. The van der Waals surface area contributed by atoms with Gasteiger partial charge in [0.2, 0.25) is 6.41 Å². The van der Waals surface area contributed by atoms with Gasteiger partial charge in [0.25, 0.3) is 0 Å². The lowest BCUT2D eigenvalue weighted by Crippen LogP contribution is -2.39. The van der Waals surface area contributed by atoms with Gasteiger partial charge < -0.3 is 11.1 Å². The van der Waals surface area contributed by atoms with Gasteiger partial charge in [0.05, 0.1) is 11.9 Å². The highest BCUT2D eigenvalue weighted by molar-refractivity contribution is 6.41. The summed E-state index contributed by atoms with van der Waals surface area (Å²) in [7, 11) is 0. The first kappa shape index (κ1) is 13.8. The second-order valence-corrected chi connectivity index (χ2v) is 3.44. The van der Waals surface area contributed by atoms with E-state index in [0.717, 1.165) is 4.90 Å². The molecule has 0 unspecified atom stereocenters. The number of imide groups is 1. The third kappa shape index (κ3) is 3.95. The van der Waals surface area contributed by atoms with Crippen molar-refractivity contribution in [3.63, 3.8) is 0 Å². The molecule has 96 valence electrons. The third-order valence-electron chi connectivity index (χ3n) is 2.10. The minimum absolute atomic E-state index is 0.124. The number of carbonyl (C=O) groups is 3. The number of carbonyl (C=O) groups excluding carboxylic acids is 3. The van der Waals surface area contributed by atoms with Crippen molar-refractivity contribution < 1.29 is 14.4 Å². The van der Waals surface area contributed by atoms with Crippen LogP contribution >= 0.6 is 0 Å². The molecule has 0 aliphatic carbocycles. The van der Waals surface area contributed by atoms with Crippen molar-refractivity contribution in [1.29, 1.82) is 0 Å². The summed E-state index contributed by atoms with van der Waals surface area (Å²) in [6, 6.07) is 3.20. The molecular formula is C11H14N4O3. The van der Waals surface area contributed by atoms with Crippen molar-refractivity contribution in [3.8, 4) is 0 Å². The van der Waals surface area contributed by atoms with Gasteiger partial charge in [-0.25, -0.2) is 0 Å². The zero-order valence-corrected chi connectivity index (χ0v) is 9.70. The van der Waals surface area contributed by atoms with E-state index in [0.29, 0.717) is 25.1 Å². The average Bonchev–Trinajstić information content (AvgIpc) is 2.40. The molecule has 0 bridgehead atoms. The number of pyridine rings is 1. The average molecular weight is 250 g/mol. The SMILES string of the molecule is NCCCN(C=O)C(=O)C(=O)Nc1cccnc1. The highest BCUT2D eigenvalue weighted by Gasteiger charge is 2.20. The maximum absolute atomic E-state index is 11.6. The molecule has 0 saturated carbocycles. The fourth-order valence-corrected chi connectivity index (χ4v) is 1.22. The van der Waals surface area contributed by atoms with E-state index in [1.165, 1.54) is 12.4 Å². The number of nitrogens with one attached hydrogen (secondary N) is 1. The fraction of sp³-hybridized carbons (Fsp3) is 0.273. The Balaban J connectivity index is 2.60. The zero-order valence-electron chi connectivity index (χ0n) is 9.70. The van der Waals surface area contributed by atoms with Crippen LogP contribution in [0.25, 0.3) is 0 Å². The molecule has 1 aromatic heterocycles. The van der Waals surface area contributed by atoms with Crippen LogP contribution in [-0.4, -0.2) is 41.2 Å². The number of nitrogens with two attached hydrogens (primary N) is 1. The van der Waals surface area contributed by atoms with Gasteiger partial charge in [-0.2, -0.15) is 0 Å². The van der Waals surface area contributed by atoms with Gasteiger partial charge in [0, 0.05) is 12.7 Å². The second kappa shape index (κ2) is 7.13. The van der Waals surface area contributed by atoms with Crippen molar-refractivity contribution in [2.75, 3.05) is 18.4 Å². The molecule has 18 heavy (non-hydrogen) atoms. The summed E-state index contributed by atoms with van der Waals surface area (Å²) in [6.07, 6.45) is 3.71. The van der Waals surface area contributed by atoms with Crippen molar-refractivity contribution in [2.24, 2.45) is 5.73 Å². The van der Waals surface area contributed by atoms with Gasteiger partial charge in [0.15, 0.2) is 0 Å². The topological polar surface area (TPSA) is 105 Å². The van der Waals surface area contributed by atoms with E-state index in [2.05, 4.69) is 10.3 Å². The highest BCUT2D eigenvalue weighted by Crippen LogP contribution is 2.03. The molecule has 3 N–H and O–H groups in total. The molecule has 7 nitrogen and oxygen atoms in total. The molecule has 1 rings (SSSR count). The molecule has 1 aromatic rings. The lowest BCUT2D eigenvalue weighted by molar-refractivity contribution is -0.146. The van der Waals surface area contributed by atoms with Crippen LogP contribution in [0.15, 0.2) is 24.5 Å². The molecule has 3 amide bonds. The molecule has 7 heteroatoms. The predicted octanol–water partition coefficient (Wildman–Crippen LogP) is -0.646. The number of hydrogen-bond donors (Lipinski definition) is 2. The van der Waals surface area contributed by atoms with Crippen molar-refractivity contribution in [2.45, 2.75) is 6.42 Å². The maximum atomic E-state index is 11.6. The van der Waals surface area contributed by atoms with E-state index in [9.17, 15) is 14.4 Å². The van der Waals surface area contributed by atoms with Crippen LogP contribution in [0.5, 0.6) is 0 Å². The lowest BCUT2D eigenvalue weighted by Gasteiger charge is -2.14. The van der Waals surface area contributed by atoms with Crippen LogP contribution in [0.1, 0.15) is 6.42 Å². The Morgan fingerprint density at radius 2 is 2.28 bits per heavy atom. The van der Waals surface area contributed by atoms with E-state index < -0.39 is 11.8 Å². The van der Waals surface area contributed by atoms with E-state index in [1.807, 2.05) is 0 Å². The Morgan fingerprint density at radius 3 is 2.83 bits per heavy atom. The maximum Gasteiger partial charge on any atom is 0.318 e. The van der Waals surface area contributed by atoms with Gasteiger partial charge in [-0.05, 0) is 25.1 Å².